The van der Waals surface area contributed by atoms with E-state index in [1.54, 1.807) is 0 Å². The van der Waals surface area contributed by atoms with Crippen molar-refractivity contribution < 1.29 is 5.11 Å². The van der Waals surface area contributed by atoms with Gasteiger partial charge in [0, 0.05) is 6.04 Å². The summed E-state index contributed by atoms with van der Waals surface area (Å²) in [6.07, 6.45) is 10.3. The zero-order valence-corrected chi connectivity index (χ0v) is 12.7. The molecular weight excluding hydrogens is 236 g/mol. The van der Waals surface area contributed by atoms with Crippen molar-refractivity contribution in [2.45, 2.75) is 70.4 Å². The van der Waals surface area contributed by atoms with Crippen molar-refractivity contribution >= 4 is 0 Å². The molecular formula is C16H32N2O. The van der Waals surface area contributed by atoms with Gasteiger partial charge in [0.1, 0.15) is 0 Å². The van der Waals surface area contributed by atoms with Gasteiger partial charge in [-0.05, 0) is 78.2 Å². The predicted molar refractivity (Wildman–Crippen MR) is 80.4 cm³/mol. The number of likely N-dealkylation sites (tertiary alicyclic amines) is 2. The minimum atomic E-state index is -0.149. The van der Waals surface area contributed by atoms with E-state index in [1.807, 2.05) is 6.92 Å². The van der Waals surface area contributed by atoms with Crippen molar-refractivity contribution in [3.05, 3.63) is 0 Å². The molecule has 2 atom stereocenters. The molecule has 2 saturated heterocycles. The second-order valence-electron chi connectivity index (χ2n) is 6.53. The van der Waals surface area contributed by atoms with Crippen molar-refractivity contribution in [1.29, 1.82) is 0 Å². The fraction of sp³-hybridized carbons (Fsp3) is 1.00. The maximum atomic E-state index is 9.68. The Morgan fingerprint density at radius 3 is 2.47 bits per heavy atom. The molecule has 0 aromatic rings. The Morgan fingerprint density at radius 2 is 1.74 bits per heavy atom. The Balaban J connectivity index is 1.73. The highest BCUT2D eigenvalue weighted by Gasteiger charge is 2.22. The van der Waals surface area contributed by atoms with E-state index in [0.29, 0.717) is 6.04 Å². The van der Waals surface area contributed by atoms with Crippen LogP contribution in [0.5, 0.6) is 0 Å². The van der Waals surface area contributed by atoms with Gasteiger partial charge in [0.05, 0.1) is 6.10 Å². The first-order chi connectivity index (χ1) is 9.25. The quantitative estimate of drug-likeness (QED) is 0.802. The Morgan fingerprint density at radius 1 is 1.00 bits per heavy atom. The van der Waals surface area contributed by atoms with Crippen LogP contribution in [-0.2, 0) is 0 Å². The molecule has 0 radical (unpaired) electrons. The van der Waals surface area contributed by atoms with Crippen molar-refractivity contribution in [2.24, 2.45) is 0 Å². The molecule has 19 heavy (non-hydrogen) atoms. The van der Waals surface area contributed by atoms with Gasteiger partial charge in [-0.1, -0.05) is 12.8 Å². The standard InChI is InChI=1S/C16H32N2O/c1-15(19)14-16-8-3-2-4-12-18(16)13-7-11-17-9-5-6-10-17/h15-16,19H,2-14H2,1H3. The molecule has 2 aliphatic heterocycles. The summed E-state index contributed by atoms with van der Waals surface area (Å²) in [5, 5.41) is 9.68. The van der Waals surface area contributed by atoms with Crippen LogP contribution in [0.4, 0.5) is 0 Å². The van der Waals surface area contributed by atoms with Crippen molar-refractivity contribution in [1.82, 2.24) is 9.80 Å². The van der Waals surface area contributed by atoms with Crippen LogP contribution in [0.2, 0.25) is 0 Å². The molecule has 0 bridgehead atoms. The van der Waals surface area contributed by atoms with Crippen molar-refractivity contribution in [3.8, 4) is 0 Å². The molecule has 0 amide bonds. The molecule has 2 fully saturated rings. The Hall–Kier alpha value is -0.120. The van der Waals surface area contributed by atoms with Crippen LogP contribution in [0.1, 0.15) is 58.3 Å². The van der Waals surface area contributed by atoms with Gasteiger partial charge < -0.3 is 14.9 Å². The summed E-state index contributed by atoms with van der Waals surface area (Å²) in [5.74, 6) is 0. The summed E-state index contributed by atoms with van der Waals surface area (Å²) in [7, 11) is 0. The first-order valence-electron chi connectivity index (χ1n) is 8.40. The lowest BCUT2D eigenvalue weighted by molar-refractivity contribution is 0.109. The molecule has 3 heteroatoms. The average Bonchev–Trinajstić information content (AvgIpc) is 2.79. The monoisotopic (exact) mass is 268 g/mol. The number of rotatable bonds is 6. The van der Waals surface area contributed by atoms with Crippen LogP contribution in [0.15, 0.2) is 0 Å². The summed E-state index contributed by atoms with van der Waals surface area (Å²) in [4.78, 5) is 5.28. The number of hydrogen-bond acceptors (Lipinski definition) is 3. The highest BCUT2D eigenvalue weighted by molar-refractivity contribution is 4.78. The number of hydrogen-bond donors (Lipinski definition) is 1. The molecule has 0 spiro atoms. The predicted octanol–water partition coefficient (Wildman–Crippen LogP) is 2.49. The van der Waals surface area contributed by atoms with E-state index < -0.39 is 0 Å². The maximum absolute atomic E-state index is 9.68. The summed E-state index contributed by atoms with van der Waals surface area (Å²) < 4.78 is 0. The molecule has 2 heterocycles. The maximum Gasteiger partial charge on any atom is 0.0527 e. The molecule has 3 nitrogen and oxygen atoms in total. The lowest BCUT2D eigenvalue weighted by atomic mass is 10.0. The SMILES string of the molecule is CC(O)CC1CCCCCN1CCCN1CCCC1. The topological polar surface area (TPSA) is 26.7 Å². The van der Waals surface area contributed by atoms with E-state index in [4.69, 9.17) is 0 Å². The van der Waals surface area contributed by atoms with Gasteiger partial charge in [0.15, 0.2) is 0 Å². The van der Waals surface area contributed by atoms with E-state index >= 15 is 0 Å². The van der Waals surface area contributed by atoms with Gasteiger partial charge in [-0.3, -0.25) is 0 Å². The van der Waals surface area contributed by atoms with Gasteiger partial charge in [0.2, 0.25) is 0 Å². The van der Waals surface area contributed by atoms with Gasteiger partial charge in [-0.15, -0.1) is 0 Å². The Bertz CT molecular complexity index is 239. The third-order valence-electron chi connectivity index (χ3n) is 4.73. The van der Waals surface area contributed by atoms with Crippen molar-refractivity contribution in [3.63, 3.8) is 0 Å². The smallest absolute Gasteiger partial charge is 0.0527 e. The molecule has 1 N–H and O–H groups in total. The molecule has 0 aliphatic carbocycles. The molecule has 2 aliphatic rings. The fourth-order valence-corrected chi connectivity index (χ4v) is 3.70. The highest BCUT2D eigenvalue weighted by atomic mass is 16.3. The number of nitrogens with zero attached hydrogens (tertiary/aromatic N) is 2. The Kier molecular flexibility index (Phi) is 6.62. The minimum absolute atomic E-state index is 0.149. The first-order valence-corrected chi connectivity index (χ1v) is 8.40. The summed E-state index contributed by atoms with van der Waals surface area (Å²) in [6, 6.07) is 0.626. The average molecular weight is 268 g/mol. The highest BCUT2D eigenvalue weighted by Crippen LogP contribution is 2.21. The second kappa shape index (κ2) is 8.23. The zero-order valence-electron chi connectivity index (χ0n) is 12.7. The molecule has 112 valence electrons. The summed E-state index contributed by atoms with van der Waals surface area (Å²) >= 11 is 0. The fourth-order valence-electron chi connectivity index (χ4n) is 3.70. The van der Waals surface area contributed by atoms with E-state index in [1.165, 1.54) is 77.7 Å². The van der Waals surface area contributed by atoms with Crippen molar-refractivity contribution in [2.75, 3.05) is 32.7 Å². The second-order valence-corrected chi connectivity index (χ2v) is 6.53. The van der Waals surface area contributed by atoms with E-state index in [0.717, 1.165) is 6.42 Å². The van der Waals surface area contributed by atoms with Gasteiger partial charge in [-0.2, -0.15) is 0 Å². The number of aliphatic hydroxyl groups is 1. The minimum Gasteiger partial charge on any atom is -0.393 e. The molecule has 2 rings (SSSR count). The lowest BCUT2D eigenvalue weighted by Crippen LogP contribution is -2.38. The Labute approximate surface area is 119 Å². The lowest BCUT2D eigenvalue weighted by Gasteiger charge is -2.31. The van der Waals surface area contributed by atoms with Crippen LogP contribution in [0.3, 0.4) is 0 Å². The van der Waals surface area contributed by atoms with Crippen LogP contribution in [0.25, 0.3) is 0 Å². The molecule has 0 aromatic carbocycles. The normalized spacial score (nSPS) is 28.4. The zero-order chi connectivity index (χ0) is 13.5. The first kappa shape index (κ1) is 15.3. The third-order valence-corrected chi connectivity index (χ3v) is 4.73. The van der Waals surface area contributed by atoms with Gasteiger partial charge in [-0.25, -0.2) is 0 Å². The summed E-state index contributed by atoms with van der Waals surface area (Å²) in [5.41, 5.74) is 0. The molecule has 0 aromatic heterocycles. The van der Waals surface area contributed by atoms with Crippen LogP contribution < -0.4 is 0 Å². The van der Waals surface area contributed by atoms with Gasteiger partial charge >= 0.3 is 0 Å². The third kappa shape index (κ3) is 5.41. The molecule has 0 saturated carbocycles. The van der Waals surface area contributed by atoms with E-state index in [-0.39, 0.29) is 6.10 Å². The largest absolute Gasteiger partial charge is 0.393 e. The van der Waals surface area contributed by atoms with Crippen LogP contribution in [0, 0.1) is 0 Å². The van der Waals surface area contributed by atoms with Crippen LogP contribution >= 0.6 is 0 Å². The summed E-state index contributed by atoms with van der Waals surface area (Å²) in [6.45, 7) is 8.32. The van der Waals surface area contributed by atoms with Gasteiger partial charge in [0.25, 0.3) is 0 Å². The van der Waals surface area contributed by atoms with Crippen LogP contribution in [-0.4, -0.2) is 59.8 Å². The van der Waals surface area contributed by atoms with E-state index in [2.05, 4.69) is 9.80 Å². The van der Waals surface area contributed by atoms with E-state index in [9.17, 15) is 5.11 Å². The molecule has 2 unspecified atom stereocenters. The number of aliphatic hydroxyl groups excluding tert-OH is 1.